The molecular formula is C12H13NO2. The molecule has 1 amide bonds. The summed E-state index contributed by atoms with van der Waals surface area (Å²) in [6.45, 7) is 0.874. The first-order valence-electron chi connectivity index (χ1n) is 5.14. The third-order valence-electron chi connectivity index (χ3n) is 2.70. The SMILES string of the molecule is O=CCN1CCCc2ccccc2C1=O. The van der Waals surface area contributed by atoms with Gasteiger partial charge in [-0.15, -0.1) is 0 Å². The summed E-state index contributed by atoms with van der Waals surface area (Å²) in [6, 6.07) is 7.63. The second-order valence-corrected chi connectivity index (χ2v) is 3.68. The molecule has 78 valence electrons. The van der Waals surface area contributed by atoms with Crippen LogP contribution in [0, 0.1) is 0 Å². The number of aldehydes is 1. The molecule has 3 nitrogen and oxygen atoms in total. The van der Waals surface area contributed by atoms with Crippen LogP contribution in [0.5, 0.6) is 0 Å². The smallest absolute Gasteiger partial charge is 0.254 e. The van der Waals surface area contributed by atoms with Gasteiger partial charge in [0.25, 0.3) is 5.91 Å². The van der Waals surface area contributed by atoms with E-state index < -0.39 is 0 Å². The van der Waals surface area contributed by atoms with E-state index in [1.54, 1.807) is 4.90 Å². The number of carbonyl (C=O) groups is 2. The first-order chi connectivity index (χ1) is 7.33. The molecule has 1 heterocycles. The van der Waals surface area contributed by atoms with Crippen molar-refractivity contribution in [2.75, 3.05) is 13.1 Å². The lowest BCUT2D eigenvalue weighted by Crippen LogP contribution is -2.32. The van der Waals surface area contributed by atoms with Crippen molar-refractivity contribution in [3.05, 3.63) is 35.4 Å². The van der Waals surface area contributed by atoms with Crippen LogP contribution in [0.4, 0.5) is 0 Å². The molecule has 0 atom stereocenters. The minimum absolute atomic E-state index is 0.0183. The van der Waals surface area contributed by atoms with Crippen molar-refractivity contribution in [2.24, 2.45) is 0 Å². The number of hydrogen-bond donors (Lipinski definition) is 0. The summed E-state index contributed by atoms with van der Waals surface area (Å²) < 4.78 is 0. The number of fused-ring (bicyclic) bond motifs is 1. The van der Waals surface area contributed by atoms with Crippen molar-refractivity contribution >= 4 is 12.2 Å². The molecule has 0 fully saturated rings. The van der Waals surface area contributed by atoms with Crippen molar-refractivity contribution in [1.29, 1.82) is 0 Å². The van der Waals surface area contributed by atoms with Crippen LogP contribution in [0.1, 0.15) is 22.3 Å². The molecule has 0 saturated carbocycles. The predicted octanol–water partition coefficient (Wildman–Crippen LogP) is 1.27. The maximum atomic E-state index is 12.0. The third kappa shape index (κ3) is 1.91. The molecule has 1 aromatic rings. The van der Waals surface area contributed by atoms with Crippen molar-refractivity contribution in [1.82, 2.24) is 4.90 Å². The van der Waals surface area contributed by atoms with E-state index >= 15 is 0 Å². The maximum Gasteiger partial charge on any atom is 0.254 e. The molecule has 0 unspecified atom stereocenters. The summed E-state index contributed by atoms with van der Waals surface area (Å²) in [5, 5.41) is 0. The first kappa shape index (κ1) is 9.90. The molecule has 0 N–H and O–H groups in total. The summed E-state index contributed by atoms with van der Waals surface area (Å²) >= 11 is 0. The molecule has 0 saturated heterocycles. The normalized spacial score (nSPS) is 15.7. The molecule has 0 bridgehead atoms. The highest BCUT2D eigenvalue weighted by atomic mass is 16.2. The summed E-state index contributed by atoms with van der Waals surface area (Å²) in [5.74, 6) is -0.0183. The molecule has 1 aliphatic heterocycles. The molecule has 0 spiro atoms. The Morgan fingerprint density at radius 2 is 2.13 bits per heavy atom. The van der Waals surface area contributed by atoms with Crippen LogP contribution in [-0.4, -0.2) is 30.2 Å². The number of nitrogens with zero attached hydrogens (tertiary/aromatic N) is 1. The van der Waals surface area contributed by atoms with Crippen molar-refractivity contribution in [3.8, 4) is 0 Å². The predicted molar refractivity (Wildman–Crippen MR) is 56.7 cm³/mol. The van der Waals surface area contributed by atoms with Crippen LogP contribution in [-0.2, 0) is 11.2 Å². The summed E-state index contributed by atoms with van der Waals surface area (Å²) in [6.07, 6.45) is 2.62. The number of hydrogen-bond acceptors (Lipinski definition) is 2. The van der Waals surface area contributed by atoms with Gasteiger partial charge in [0, 0.05) is 12.1 Å². The molecule has 0 aliphatic carbocycles. The minimum atomic E-state index is -0.0183. The average molecular weight is 203 g/mol. The number of aryl methyl sites for hydroxylation is 1. The summed E-state index contributed by atoms with van der Waals surface area (Å²) in [4.78, 5) is 24.1. The number of rotatable bonds is 2. The third-order valence-corrected chi connectivity index (χ3v) is 2.70. The van der Waals surface area contributed by atoms with E-state index in [1.807, 2.05) is 24.3 Å². The number of carbonyl (C=O) groups excluding carboxylic acids is 2. The van der Waals surface area contributed by atoms with Crippen molar-refractivity contribution < 1.29 is 9.59 Å². The van der Waals surface area contributed by atoms with E-state index in [-0.39, 0.29) is 12.5 Å². The quantitative estimate of drug-likeness (QED) is 0.679. The van der Waals surface area contributed by atoms with Crippen molar-refractivity contribution in [2.45, 2.75) is 12.8 Å². The Labute approximate surface area is 88.7 Å². The van der Waals surface area contributed by atoms with Crippen LogP contribution < -0.4 is 0 Å². The molecule has 0 radical (unpaired) electrons. The zero-order valence-electron chi connectivity index (χ0n) is 8.48. The van der Waals surface area contributed by atoms with Gasteiger partial charge in [0.15, 0.2) is 0 Å². The summed E-state index contributed by atoms with van der Waals surface area (Å²) in [5.41, 5.74) is 1.84. The van der Waals surface area contributed by atoms with Crippen molar-refractivity contribution in [3.63, 3.8) is 0 Å². The highest BCUT2D eigenvalue weighted by Gasteiger charge is 2.20. The van der Waals surface area contributed by atoms with Gasteiger partial charge >= 0.3 is 0 Å². The Kier molecular flexibility index (Phi) is 2.81. The van der Waals surface area contributed by atoms with Crippen LogP contribution in [0.25, 0.3) is 0 Å². The Bertz CT molecular complexity index is 387. The standard InChI is InChI=1S/C12H13NO2/c14-9-8-13-7-3-5-10-4-1-2-6-11(10)12(13)15/h1-2,4,6,9H,3,5,7-8H2. The minimum Gasteiger partial charge on any atom is -0.332 e. The van der Waals surface area contributed by atoms with Gasteiger partial charge in [-0.1, -0.05) is 18.2 Å². The number of amides is 1. The van der Waals surface area contributed by atoms with E-state index in [2.05, 4.69) is 0 Å². The molecule has 1 aromatic carbocycles. The van der Waals surface area contributed by atoms with Gasteiger partial charge in [0.2, 0.25) is 0 Å². The van der Waals surface area contributed by atoms with Crippen LogP contribution >= 0.6 is 0 Å². The van der Waals surface area contributed by atoms with Gasteiger partial charge < -0.3 is 9.69 Å². The average Bonchev–Trinajstić information content (AvgIpc) is 2.41. The fraction of sp³-hybridized carbons (Fsp3) is 0.333. The Hall–Kier alpha value is -1.64. The largest absolute Gasteiger partial charge is 0.332 e. The van der Waals surface area contributed by atoms with E-state index in [1.165, 1.54) is 0 Å². The maximum absolute atomic E-state index is 12.0. The fourth-order valence-corrected chi connectivity index (χ4v) is 1.94. The van der Waals surface area contributed by atoms with Gasteiger partial charge in [0.1, 0.15) is 6.29 Å². The Morgan fingerprint density at radius 1 is 1.33 bits per heavy atom. The zero-order valence-corrected chi connectivity index (χ0v) is 8.48. The highest BCUT2D eigenvalue weighted by Crippen LogP contribution is 2.17. The second kappa shape index (κ2) is 4.26. The Morgan fingerprint density at radius 3 is 2.93 bits per heavy atom. The van der Waals surface area contributed by atoms with E-state index in [4.69, 9.17) is 0 Å². The zero-order chi connectivity index (χ0) is 10.7. The Balaban J connectivity index is 2.34. The monoisotopic (exact) mass is 203 g/mol. The van der Waals surface area contributed by atoms with E-state index in [0.717, 1.165) is 30.3 Å². The lowest BCUT2D eigenvalue weighted by atomic mass is 10.0. The van der Waals surface area contributed by atoms with Gasteiger partial charge in [-0.3, -0.25) is 4.79 Å². The molecule has 3 heteroatoms. The van der Waals surface area contributed by atoms with Crippen LogP contribution in [0.15, 0.2) is 24.3 Å². The topological polar surface area (TPSA) is 37.4 Å². The number of benzene rings is 1. The van der Waals surface area contributed by atoms with Gasteiger partial charge in [0.05, 0.1) is 6.54 Å². The molecular weight excluding hydrogens is 190 g/mol. The molecule has 0 aromatic heterocycles. The molecule has 15 heavy (non-hydrogen) atoms. The second-order valence-electron chi connectivity index (χ2n) is 3.68. The van der Waals surface area contributed by atoms with Gasteiger partial charge in [-0.25, -0.2) is 0 Å². The fourth-order valence-electron chi connectivity index (χ4n) is 1.94. The van der Waals surface area contributed by atoms with Crippen LogP contribution in [0.2, 0.25) is 0 Å². The molecule has 2 rings (SSSR count). The van der Waals surface area contributed by atoms with E-state index in [0.29, 0.717) is 6.54 Å². The molecule has 1 aliphatic rings. The lowest BCUT2D eigenvalue weighted by molar-refractivity contribution is -0.108. The van der Waals surface area contributed by atoms with Gasteiger partial charge in [-0.2, -0.15) is 0 Å². The summed E-state index contributed by atoms with van der Waals surface area (Å²) in [7, 11) is 0. The van der Waals surface area contributed by atoms with Crippen LogP contribution in [0.3, 0.4) is 0 Å². The first-order valence-corrected chi connectivity index (χ1v) is 5.14. The highest BCUT2D eigenvalue weighted by molar-refractivity contribution is 5.96. The van der Waals surface area contributed by atoms with Gasteiger partial charge in [-0.05, 0) is 24.5 Å². The lowest BCUT2D eigenvalue weighted by Gasteiger charge is -2.17. The van der Waals surface area contributed by atoms with E-state index in [9.17, 15) is 9.59 Å².